The van der Waals surface area contributed by atoms with Gasteiger partial charge in [0.15, 0.2) is 20.6 Å². The predicted octanol–water partition coefficient (Wildman–Crippen LogP) is 2.92. The number of hydrogen-bond acceptors (Lipinski definition) is 6. The highest BCUT2D eigenvalue weighted by molar-refractivity contribution is 7.99. The van der Waals surface area contributed by atoms with Crippen molar-refractivity contribution in [3.63, 3.8) is 0 Å². The van der Waals surface area contributed by atoms with Crippen LogP contribution in [0.4, 0.5) is 0 Å². The third-order valence-electron chi connectivity index (χ3n) is 4.78. The van der Waals surface area contributed by atoms with Gasteiger partial charge in [0.2, 0.25) is 5.91 Å². The van der Waals surface area contributed by atoms with E-state index in [1.165, 1.54) is 18.0 Å². The van der Waals surface area contributed by atoms with Crippen LogP contribution in [0.25, 0.3) is 11.2 Å². The molecule has 1 amide bonds. The minimum atomic E-state index is -3.09. The molecule has 152 valence electrons. The van der Waals surface area contributed by atoms with Gasteiger partial charge in [0.1, 0.15) is 0 Å². The van der Waals surface area contributed by atoms with Gasteiger partial charge in [-0.2, -0.15) is 0 Å². The summed E-state index contributed by atoms with van der Waals surface area (Å²) < 4.78 is 23.9. The van der Waals surface area contributed by atoms with Crippen molar-refractivity contribution < 1.29 is 13.2 Å². The van der Waals surface area contributed by atoms with E-state index >= 15 is 0 Å². The van der Waals surface area contributed by atoms with Gasteiger partial charge in [-0.1, -0.05) is 53.7 Å². The Morgan fingerprint density at radius 3 is 2.83 bits per heavy atom. The molecule has 3 heterocycles. The fraction of sp³-hybridized carbons (Fsp3) is 0.316. The topological polar surface area (TPSA) is 96.0 Å². The van der Waals surface area contributed by atoms with Crippen molar-refractivity contribution in [2.75, 3.05) is 17.3 Å². The molecule has 29 heavy (non-hydrogen) atoms. The number of aromatic nitrogens is 3. The molecule has 1 fully saturated rings. The third kappa shape index (κ3) is 4.91. The second kappa shape index (κ2) is 8.33. The van der Waals surface area contributed by atoms with E-state index in [4.69, 9.17) is 11.6 Å². The molecule has 1 atom stereocenters. The Kier molecular flexibility index (Phi) is 5.80. The lowest BCUT2D eigenvalue weighted by Crippen LogP contribution is -2.41. The Morgan fingerprint density at radius 1 is 1.31 bits per heavy atom. The summed E-state index contributed by atoms with van der Waals surface area (Å²) in [7, 11) is -3.09. The maximum atomic E-state index is 13.0. The molecule has 4 rings (SSSR count). The van der Waals surface area contributed by atoms with Crippen molar-refractivity contribution in [2.24, 2.45) is 0 Å². The summed E-state index contributed by atoms with van der Waals surface area (Å²) in [6, 6.07) is 11.0. The molecule has 7 nitrogen and oxygen atoms in total. The van der Waals surface area contributed by atoms with E-state index in [0.29, 0.717) is 34.3 Å². The molecule has 1 aliphatic heterocycles. The van der Waals surface area contributed by atoms with Gasteiger partial charge in [-0.25, -0.2) is 18.4 Å². The molecular formula is C19H19ClN4O3S2. The predicted molar refractivity (Wildman–Crippen MR) is 114 cm³/mol. The number of benzene rings is 1. The number of carbonyl (C=O) groups is 1. The minimum absolute atomic E-state index is 0.0172. The summed E-state index contributed by atoms with van der Waals surface area (Å²) in [5.41, 5.74) is 2.21. The van der Waals surface area contributed by atoms with Crippen molar-refractivity contribution in [3.8, 4) is 0 Å². The maximum Gasteiger partial charge on any atom is 0.233 e. The molecule has 1 aliphatic rings. The first kappa shape index (κ1) is 20.2. The molecule has 3 aromatic rings. The number of H-pyrrole nitrogens is 1. The van der Waals surface area contributed by atoms with Crippen LogP contribution >= 0.6 is 23.4 Å². The lowest BCUT2D eigenvalue weighted by molar-refractivity contribution is -0.130. The van der Waals surface area contributed by atoms with Crippen LogP contribution in [-0.2, 0) is 21.2 Å². The first-order valence-corrected chi connectivity index (χ1v) is 12.3. The van der Waals surface area contributed by atoms with Crippen molar-refractivity contribution in [2.45, 2.75) is 24.2 Å². The van der Waals surface area contributed by atoms with Crippen molar-refractivity contribution >= 4 is 50.3 Å². The Labute approximate surface area is 177 Å². The Balaban J connectivity index is 1.49. The molecule has 0 spiro atoms. The van der Waals surface area contributed by atoms with Gasteiger partial charge >= 0.3 is 0 Å². The number of pyridine rings is 1. The van der Waals surface area contributed by atoms with Crippen LogP contribution in [-0.4, -0.2) is 57.5 Å². The second-order valence-electron chi connectivity index (χ2n) is 6.92. The van der Waals surface area contributed by atoms with Crippen LogP contribution in [0.2, 0.25) is 5.02 Å². The number of fused-ring (bicyclic) bond motifs is 1. The van der Waals surface area contributed by atoms with Crippen LogP contribution in [0.15, 0.2) is 47.8 Å². The summed E-state index contributed by atoms with van der Waals surface area (Å²) in [4.78, 5) is 26.3. The van der Waals surface area contributed by atoms with E-state index in [2.05, 4.69) is 15.0 Å². The number of carbonyl (C=O) groups excluding carboxylic acids is 1. The van der Waals surface area contributed by atoms with Gasteiger partial charge in [0.05, 0.1) is 27.8 Å². The Hall–Kier alpha value is -2.10. The summed E-state index contributed by atoms with van der Waals surface area (Å²) in [6.45, 7) is 0.387. The molecule has 1 saturated heterocycles. The standard InChI is InChI=1S/C19H19ClN4O3S2/c20-14-8-16-18(21-9-14)23-19(22-16)28-11-17(25)24(10-13-4-2-1-3-5-13)15-6-7-29(26,27)12-15/h1-5,8-9,15H,6-7,10-12H2,(H,21,22,23)/t15-/m1/s1. The normalized spacial score (nSPS) is 18.2. The monoisotopic (exact) mass is 450 g/mol. The highest BCUT2D eigenvalue weighted by atomic mass is 35.5. The summed E-state index contributed by atoms with van der Waals surface area (Å²) in [5, 5.41) is 1.08. The maximum absolute atomic E-state index is 13.0. The quantitative estimate of drug-likeness (QED) is 0.580. The van der Waals surface area contributed by atoms with Crippen LogP contribution in [0.5, 0.6) is 0 Å². The van der Waals surface area contributed by atoms with Crippen molar-refractivity contribution in [1.29, 1.82) is 0 Å². The molecule has 10 heteroatoms. The number of nitrogens with one attached hydrogen (secondary N) is 1. The molecule has 0 aliphatic carbocycles. The molecule has 0 radical (unpaired) electrons. The van der Waals surface area contributed by atoms with Crippen molar-refractivity contribution in [3.05, 3.63) is 53.2 Å². The van der Waals surface area contributed by atoms with Crippen LogP contribution in [0, 0.1) is 0 Å². The molecule has 0 bridgehead atoms. The minimum Gasteiger partial charge on any atom is -0.334 e. The first-order valence-electron chi connectivity index (χ1n) is 9.07. The lowest BCUT2D eigenvalue weighted by atomic mass is 10.1. The SMILES string of the molecule is O=C(CSc1nc2ncc(Cl)cc2[nH]1)N(Cc1ccccc1)[C@@H]1CCS(=O)(=O)C1. The average Bonchev–Trinajstić information content (AvgIpc) is 3.26. The third-order valence-corrected chi connectivity index (χ3v) is 7.60. The number of thioether (sulfide) groups is 1. The summed E-state index contributed by atoms with van der Waals surface area (Å²) in [5.74, 6) is 0.173. The van der Waals surface area contributed by atoms with E-state index in [1.54, 1.807) is 11.0 Å². The van der Waals surface area contributed by atoms with Crippen LogP contribution in [0.3, 0.4) is 0 Å². The number of halogens is 1. The van der Waals surface area contributed by atoms with Gasteiger partial charge < -0.3 is 9.88 Å². The lowest BCUT2D eigenvalue weighted by Gasteiger charge is -2.28. The number of hydrogen-bond donors (Lipinski definition) is 1. The van der Waals surface area contributed by atoms with E-state index in [0.717, 1.165) is 5.56 Å². The molecule has 1 N–H and O–H groups in total. The number of amides is 1. The number of sulfone groups is 1. The van der Waals surface area contributed by atoms with Crippen molar-refractivity contribution in [1.82, 2.24) is 19.9 Å². The van der Waals surface area contributed by atoms with E-state index in [1.807, 2.05) is 30.3 Å². The van der Waals surface area contributed by atoms with E-state index in [-0.39, 0.29) is 29.2 Å². The number of aromatic amines is 1. The Bertz CT molecular complexity index is 1130. The average molecular weight is 451 g/mol. The second-order valence-corrected chi connectivity index (χ2v) is 10.5. The number of rotatable bonds is 6. The number of imidazole rings is 1. The summed E-state index contributed by atoms with van der Waals surface area (Å²) in [6.07, 6.45) is 1.99. The molecule has 1 aromatic carbocycles. The van der Waals surface area contributed by atoms with Gasteiger partial charge in [0.25, 0.3) is 0 Å². The molecule has 0 saturated carbocycles. The zero-order valence-electron chi connectivity index (χ0n) is 15.4. The zero-order valence-corrected chi connectivity index (χ0v) is 17.8. The van der Waals surface area contributed by atoms with E-state index in [9.17, 15) is 13.2 Å². The molecule has 0 unspecified atom stereocenters. The largest absolute Gasteiger partial charge is 0.334 e. The fourth-order valence-electron chi connectivity index (χ4n) is 3.36. The van der Waals surface area contributed by atoms with Crippen LogP contribution < -0.4 is 0 Å². The highest BCUT2D eigenvalue weighted by Gasteiger charge is 2.34. The smallest absolute Gasteiger partial charge is 0.233 e. The van der Waals surface area contributed by atoms with Crippen LogP contribution in [0.1, 0.15) is 12.0 Å². The zero-order chi connectivity index (χ0) is 20.4. The van der Waals surface area contributed by atoms with E-state index < -0.39 is 9.84 Å². The van der Waals surface area contributed by atoms with Gasteiger partial charge in [-0.3, -0.25) is 4.79 Å². The number of nitrogens with zero attached hydrogens (tertiary/aromatic N) is 3. The highest BCUT2D eigenvalue weighted by Crippen LogP contribution is 2.24. The molecular weight excluding hydrogens is 432 g/mol. The van der Waals surface area contributed by atoms with Gasteiger partial charge in [-0.05, 0) is 18.1 Å². The first-order chi connectivity index (χ1) is 13.9. The molecule has 2 aromatic heterocycles. The summed E-state index contributed by atoms with van der Waals surface area (Å²) >= 11 is 7.21. The van der Waals surface area contributed by atoms with Gasteiger partial charge in [-0.15, -0.1) is 0 Å². The Morgan fingerprint density at radius 2 is 2.10 bits per heavy atom. The van der Waals surface area contributed by atoms with Gasteiger partial charge in [0, 0.05) is 18.8 Å². The fourth-order valence-corrected chi connectivity index (χ4v) is 6.00.